The van der Waals surface area contributed by atoms with E-state index in [2.05, 4.69) is 10.4 Å². The molecule has 126 valence electrons. The van der Waals surface area contributed by atoms with Gasteiger partial charge in [0.25, 0.3) is 5.91 Å². The van der Waals surface area contributed by atoms with Crippen molar-refractivity contribution >= 4 is 11.9 Å². The minimum Gasteiger partial charge on any atom is -0.493 e. The number of hydrogen-bond donors (Lipinski definition) is 2. The van der Waals surface area contributed by atoms with Crippen LogP contribution >= 0.6 is 0 Å². The standard InChI is InChI=1S/C17H19N3O4/c1-10(2)20-7-5-13(19-20)16(21)18-15(17(22)23)12-3-4-14-11(9-12)6-8-24-14/h3-5,7,9-10,15H,6,8H2,1-2H3,(H,18,21)(H,22,23)/t15-/m0/s1. The van der Waals surface area contributed by atoms with Gasteiger partial charge in [0, 0.05) is 18.7 Å². The molecule has 0 fully saturated rings. The summed E-state index contributed by atoms with van der Waals surface area (Å²) in [6.45, 7) is 4.48. The van der Waals surface area contributed by atoms with Crippen LogP contribution in [0.5, 0.6) is 5.75 Å². The van der Waals surface area contributed by atoms with Gasteiger partial charge in [0.2, 0.25) is 0 Å². The molecule has 2 N–H and O–H groups in total. The molecule has 0 aliphatic carbocycles. The van der Waals surface area contributed by atoms with Gasteiger partial charge >= 0.3 is 5.97 Å². The highest BCUT2D eigenvalue weighted by Crippen LogP contribution is 2.28. The second kappa shape index (κ2) is 6.35. The van der Waals surface area contributed by atoms with E-state index in [0.29, 0.717) is 12.2 Å². The molecule has 0 bridgehead atoms. The third kappa shape index (κ3) is 3.10. The Labute approximate surface area is 139 Å². The van der Waals surface area contributed by atoms with Crippen LogP contribution in [0.2, 0.25) is 0 Å². The number of amides is 1. The quantitative estimate of drug-likeness (QED) is 0.874. The monoisotopic (exact) mass is 329 g/mol. The first-order valence-electron chi connectivity index (χ1n) is 7.80. The van der Waals surface area contributed by atoms with E-state index in [4.69, 9.17) is 4.74 Å². The number of nitrogens with zero attached hydrogens (tertiary/aromatic N) is 2. The zero-order valence-corrected chi connectivity index (χ0v) is 13.5. The van der Waals surface area contributed by atoms with Crippen molar-refractivity contribution in [1.29, 1.82) is 0 Å². The van der Waals surface area contributed by atoms with Gasteiger partial charge in [-0.15, -0.1) is 0 Å². The first kappa shape index (κ1) is 16.0. The van der Waals surface area contributed by atoms with Gasteiger partial charge in [0.1, 0.15) is 11.4 Å². The summed E-state index contributed by atoms with van der Waals surface area (Å²) in [6.07, 6.45) is 2.43. The Bertz CT molecular complexity index is 782. The number of carboxylic acids is 1. The number of aromatic nitrogens is 2. The van der Waals surface area contributed by atoms with Gasteiger partial charge in [-0.25, -0.2) is 4.79 Å². The van der Waals surface area contributed by atoms with Crippen LogP contribution in [0.4, 0.5) is 0 Å². The number of hydrogen-bond acceptors (Lipinski definition) is 4. The highest BCUT2D eigenvalue weighted by Gasteiger charge is 2.25. The molecule has 7 nitrogen and oxygen atoms in total. The van der Waals surface area contributed by atoms with Crippen LogP contribution in [-0.2, 0) is 11.2 Å². The van der Waals surface area contributed by atoms with Gasteiger partial charge in [-0.05, 0) is 43.2 Å². The number of ether oxygens (including phenoxy) is 1. The molecular weight excluding hydrogens is 310 g/mol. The third-order valence-electron chi connectivity index (χ3n) is 3.94. The van der Waals surface area contributed by atoms with Crippen LogP contribution in [0.25, 0.3) is 0 Å². The smallest absolute Gasteiger partial charge is 0.330 e. The van der Waals surface area contributed by atoms with Crippen LogP contribution in [-0.4, -0.2) is 33.4 Å². The highest BCUT2D eigenvalue weighted by atomic mass is 16.5. The third-order valence-corrected chi connectivity index (χ3v) is 3.94. The minimum absolute atomic E-state index is 0.124. The largest absolute Gasteiger partial charge is 0.493 e. The molecule has 1 aliphatic heterocycles. The Balaban J connectivity index is 1.81. The molecule has 0 saturated heterocycles. The molecule has 1 aliphatic rings. The van der Waals surface area contributed by atoms with Crippen molar-refractivity contribution < 1.29 is 19.4 Å². The van der Waals surface area contributed by atoms with E-state index >= 15 is 0 Å². The van der Waals surface area contributed by atoms with E-state index < -0.39 is 17.9 Å². The summed E-state index contributed by atoms with van der Waals surface area (Å²) in [6, 6.07) is 5.74. The molecule has 24 heavy (non-hydrogen) atoms. The maximum absolute atomic E-state index is 12.3. The molecule has 1 aromatic heterocycles. The van der Waals surface area contributed by atoms with E-state index in [0.717, 1.165) is 17.7 Å². The summed E-state index contributed by atoms with van der Waals surface area (Å²) in [5, 5.41) is 16.2. The zero-order chi connectivity index (χ0) is 17.3. The molecule has 0 saturated carbocycles. The van der Waals surface area contributed by atoms with Gasteiger partial charge in [0.05, 0.1) is 6.61 Å². The van der Waals surface area contributed by atoms with Gasteiger partial charge in [-0.2, -0.15) is 5.10 Å². The number of carbonyl (C=O) groups excluding carboxylic acids is 1. The number of nitrogens with one attached hydrogen (secondary N) is 1. The lowest BCUT2D eigenvalue weighted by Crippen LogP contribution is -2.34. The summed E-state index contributed by atoms with van der Waals surface area (Å²) in [7, 11) is 0. The molecular formula is C17H19N3O4. The fourth-order valence-corrected chi connectivity index (χ4v) is 2.63. The minimum atomic E-state index is -1.13. The van der Waals surface area contributed by atoms with Gasteiger partial charge in [-0.3, -0.25) is 9.48 Å². The van der Waals surface area contributed by atoms with Crippen molar-refractivity contribution in [2.24, 2.45) is 0 Å². The maximum atomic E-state index is 12.3. The highest BCUT2D eigenvalue weighted by molar-refractivity contribution is 5.95. The van der Waals surface area contributed by atoms with Gasteiger partial charge in [-0.1, -0.05) is 6.07 Å². The van der Waals surface area contributed by atoms with Crippen molar-refractivity contribution in [3.8, 4) is 5.75 Å². The molecule has 3 rings (SSSR count). The van der Waals surface area contributed by atoms with Crippen molar-refractivity contribution in [2.75, 3.05) is 6.61 Å². The summed E-state index contributed by atoms with van der Waals surface area (Å²) in [5.41, 5.74) is 1.67. The van der Waals surface area contributed by atoms with Crippen molar-refractivity contribution in [1.82, 2.24) is 15.1 Å². The van der Waals surface area contributed by atoms with Crippen molar-refractivity contribution in [3.63, 3.8) is 0 Å². The van der Waals surface area contributed by atoms with E-state index in [-0.39, 0.29) is 11.7 Å². The average molecular weight is 329 g/mol. The first-order chi connectivity index (χ1) is 11.5. The summed E-state index contributed by atoms with van der Waals surface area (Å²) >= 11 is 0. The number of benzene rings is 1. The molecule has 1 aromatic carbocycles. The normalized spacial score (nSPS) is 14.1. The topological polar surface area (TPSA) is 93.5 Å². The Hall–Kier alpha value is -2.83. The van der Waals surface area contributed by atoms with E-state index in [1.54, 1.807) is 35.1 Å². The molecule has 0 unspecified atom stereocenters. The first-order valence-corrected chi connectivity index (χ1v) is 7.80. The van der Waals surface area contributed by atoms with Gasteiger partial charge < -0.3 is 15.2 Å². The Kier molecular flexibility index (Phi) is 4.24. The predicted octanol–water partition coefficient (Wildman–Crippen LogP) is 1.95. The molecule has 2 aromatic rings. The summed E-state index contributed by atoms with van der Waals surface area (Å²) in [5.74, 6) is -0.867. The lowest BCUT2D eigenvalue weighted by Gasteiger charge is -2.15. The van der Waals surface area contributed by atoms with Crippen molar-refractivity contribution in [2.45, 2.75) is 32.4 Å². The number of carboxylic acid groups (broad SMARTS) is 1. The molecule has 1 amide bonds. The Morgan fingerprint density at radius 1 is 1.33 bits per heavy atom. The van der Waals surface area contributed by atoms with E-state index in [9.17, 15) is 14.7 Å². The van der Waals surface area contributed by atoms with Crippen molar-refractivity contribution in [3.05, 3.63) is 47.3 Å². The molecule has 0 spiro atoms. The lowest BCUT2D eigenvalue weighted by atomic mass is 10.0. The lowest BCUT2D eigenvalue weighted by molar-refractivity contribution is -0.139. The van der Waals surface area contributed by atoms with Crippen LogP contribution in [0.1, 0.15) is 47.5 Å². The average Bonchev–Trinajstić information content (AvgIpc) is 3.20. The Morgan fingerprint density at radius 3 is 2.79 bits per heavy atom. The number of rotatable bonds is 5. The summed E-state index contributed by atoms with van der Waals surface area (Å²) < 4.78 is 7.07. The van der Waals surface area contributed by atoms with Crippen LogP contribution < -0.4 is 10.1 Å². The number of aliphatic carboxylic acids is 1. The Morgan fingerprint density at radius 2 is 2.12 bits per heavy atom. The van der Waals surface area contributed by atoms with Crippen LogP contribution in [0, 0.1) is 0 Å². The second-order valence-corrected chi connectivity index (χ2v) is 5.99. The predicted molar refractivity (Wildman–Crippen MR) is 86.1 cm³/mol. The fourth-order valence-electron chi connectivity index (χ4n) is 2.63. The zero-order valence-electron chi connectivity index (χ0n) is 13.5. The number of carbonyl (C=O) groups is 2. The maximum Gasteiger partial charge on any atom is 0.330 e. The van der Waals surface area contributed by atoms with E-state index in [1.165, 1.54) is 0 Å². The molecule has 0 radical (unpaired) electrons. The molecule has 2 heterocycles. The molecule has 1 atom stereocenters. The van der Waals surface area contributed by atoms with Crippen LogP contribution in [0.15, 0.2) is 30.5 Å². The second-order valence-electron chi connectivity index (χ2n) is 5.99. The summed E-state index contributed by atoms with van der Waals surface area (Å²) in [4.78, 5) is 23.9. The van der Waals surface area contributed by atoms with Gasteiger partial charge in [0.15, 0.2) is 6.04 Å². The van der Waals surface area contributed by atoms with E-state index in [1.807, 2.05) is 13.8 Å². The molecule has 7 heteroatoms. The van der Waals surface area contributed by atoms with Crippen LogP contribution in [0.3, 0.4) is 0 Å². The fraction of sp³-hybridized carbons (Fsp3) is 0.353. The number of fused-ring (bicyclic) bond motifs is 1. The SMILES string of the molecule is CC(C)n1ccc(C(=O)N[C@H](C(=O)O)c2ccc3c(c2)CCO3)n1.